The highest BCUT2D eigenvalue weighted by Gasteiger charge is 2.22. The Morgan fingerprint density at radius 3 is 2.50 bits per heavy atom. The molecule has 0 aliphatic carbocycles. The van der Waals surface area contributed by atoms with Crippen molar-refractivity contribution in [2.24, 2.45) is 0 Å². The molecule has 0 spiro atoms. The number of hydrogen-bond acceptors (Lipinski definition) is 4. The second-order valence-corrected chi connectivity index (χ2v) is 5.57. The van der Waals surface area contributed by atoms with Gasteiger partial charge in [-0.05, 0) is 43.3 Å². The van der Waals surface area contributed by atoms with Crippen LogP contribution in [0.15, 0.2) is 54.6 Å². The van der Waals surface area contributed by atoms with E-state index in [4.69, 9.17) is 16.3 Å². The number of carbonyl (C=O) groups is 2. The van der Waals surface area contributed by atoms with Gasteiger partial charge < -0.3 is 4.74 Å². The minimum atomic E-state index is -0.611. The van der Waals surface area contributed by atoms with E-state index in [0.717, 1.165) is 5.39 Å². The number of nitrogens with zero attached hydrogens (tertiary/aromatic N) is 1. The minimum Gasteiger partial charge on any atom is -0.461 e. The molecule has 0 radical (unpaired) electrons. The normalized spacial score (nSPS) is 10.6. The summed E-state index contributed by atoms with van der Waals surface area (Å²) in [5.41, 5.74) is 1.31. The summed E-state index contributed by atoms with van der Waals surface area (Å²) < 4.78 is 5.05. The van der Waals surface area contributed by atoms with Crippen molar-refractivity contribution in [1.29, 1.82) is 0 Å². The lowest BCUT2D eigenvalue weighted by atomic mass is 10.00. The minimum absolute atomic E-state index is 0.0236. The lowest BCUT2D eigenvalue weighted by Crippen LogP contribution is -2.15. The summed E-state index contributed by atoms with van der Waals surface area (Å²) in [6.45, 7) is 1.92. The number of esters is 1. The molecule has 0 aliphatic rings. The van der Waals surface area contributed by atoms with E-state index < -0.39 is 5.97 Å². The van der Waals surface area contributed by atoms with Gasteiger partial charge in [-0.25, -0.2) is 9.78 Å². The van der Waals surface area contributed by atoms with Crippen molar-refractivity contribution in [3.05, 3.63) is 76.4 Å². The number of carbonyl (C=O) groups excluding carboxylic acids is 2. The third-order valence-corrected chi connectivity index (χ3v) is 3.80. The van der Waals surface area contributed by atoms with Gasteiger partial charge in [0.1, 0.15) is 0 Å². The van der Waals surface area contributed by atoms with Gasteiger partial charge in [-0.3, -0.25) is 4.79 Å². The second-order valence-electron chi connectivity index (χ2n) is 5.13. The molecule has 4 nitrogen and oxygen atoms in total. The van der Waals surface area contributed by atoms with Gasteiger partial charge in [0.2, 0.25) is 0 Å². The zero-order valence-electron chi connectivity index (χ0n) is 13.0. The lowest BCUT2D eigenvalue weighted by molar-refractivity contribution is 0.0517. The third-order valence-electron chi connectivity index (χ3n) is 3.54. The molecule has 0 N–H and O–H groups in total. The lowest BCUT2D eigenvalue weighted by Gasteiger charge is -2.09. The van der Waals surface area contributed by atoms with Gasteiger partial charge >= 0.3 is 5.97 Å². The molecule has 0 saturated carbocycles. The fourth-order valence-corrected chi connectivity index (χ4v) is 2.53. The quantitative estimate of drug-likeness (QED) is 0.525. The Kier molecular flexibility index (Phi) is 4.58. The number of ketones is 1. The summed E-state index contributed by atoms with van der Waals surface area (Å²) >= 11 is 5.87. The fourth-order valence-electron chi connectivity index (χ4n) is 2.40. The maximum Gasteiger partial charge on any atom is 0.357 e. The molecular weight excluding hydrogens is 326 g/mol. The van der Waals surface area contributed by atoms with E-state index in [0.29, 0.717) is 16.1 Å². The predicted molar refractivity (Wildman–Crippen MR) is 92.6 cm³/mol. The number of ether oxygens (including phenoxy) is 1. The molecule has 0 amide bonds. The number of fused-ring (bicyclic) bond motifs is 1. The number of hydrogen-bond donors (Lipinski definition) is 0. The van der Waals surface area contributed by atoms with Gasteiger partial charge in [0, 0.05) is 16.0 Å². The summed E-state index contributed by atoms with van der Waals surface area (Å²) in [7, 11) is 0. The maximum atomic E-state index is 12.8. The van der Waals surface area contributed by atoms with Crippen LogP contribution >= 0.6 is 11.6 Å². The smallest absolute Gasteiger partial charge is 0.357 e. The number of halogens is 1. The highest BCUT2D eigenvalue weighted by atomic mass is 35.5. The highest BCUT2D eigenvalue weighted by Crippen LogP contribution is 2.21. The number of rotatable bonds is 4. The van der Waals surface area contributed by atoms with Gasteiger partial charge in [0.15, 0.2) is 11.5 Å². The first-order valence-electron chi connectivity index (χ1n) is 7.47. The van der Waals surface area contributed by atoms with Gasteiger partial charge in [-0.15, -0.1) is 0 Å². The number of benzene rings is 2. The summed E-state index contributed by atoms with van der Waals surface area (Å²) in [6.07, 6.45) is 0. The van der Waals surface area contributed by atoms with Crippen LogP contribution in [0.1, 0.15) is 33.3 Å². The Morgan fingerprint density at radius 2 is 1.79 bits per heavy atom. The Labute approximate surface area is 144 Å². The molecule has 0 unspecified atom stereocenters. The van der Waals surface area contributed by atoms with Crippen molar-refractivity contribution in [2.75, 3.05) is 6.61 Å². The Bertz CT molecular complexity index is 920. The number of para-hydroxylation sites is 1. The van der Waals surface area contributed by atoms with E-state index in [2.05, 4.69) is 4.98 Å². The van der Waals surface area contributed by atoms with Crippen molar-refractivity contribution in [1.82, 2.24) is 4.98 Å². The van der Waals surface area contributed by atoms with Crippen LogP contribution in [-0.4, -0.2) is 23.3 Å². The summed E-state index contributed by atoms with van der Waals surface area (Å²) in [5.74, 6) is -0.909. The van der Waals surface area contributed by atoms with Crippen LogP contribution in [-0.2, 0) is 4.74 Å². The van der Waals surface area contributed by atoms with Crippen LogP contribution in [0.4, 0.5) is 0 Å². The molecule has 1 aromatic heterocycles. The van der Waals surface area contributed by atoms with Crippen molar-refractivity contribution in [2.45, 2.75) is 6.92 Å². The summed E-state index contributed by atoms with van der Waals surface area (Å²) in [4.78, 5) is 29.4. The first kappa shape index (κ1) is 16.1. The van der Waals surface area contributed by atoms with Crippen molar-refractivity contribution < 1.29 is 14.3 Å². The first-order valence-corrected chi connectivity index (χ1v) is 7.85. The molecule has 0 atom stereocenters. The zero-order valence-corrected chi connectivity index (χ0v) is 13.7. The third kappa shape index (κ3) is 3.14. The van der Waals surface area contributed by atoms with E-state index >= 15 is 0 Å². The molecule has 0 fully saturated rings. The van der Waals surface area contributed by atoms with E-state index in [-0.39, 0.29) is 23.6 Å². The van der Waals surface area contributed by atoms with Crippen molar-refractivity contribution >= 4 is 34.3 Å². The molecule has 0 aliphatic heterocycles. The number of pyridine rings is 1. The van der Waals surface area contributed by atoms with Crippen molar-refractivity contribution in [3.63, 3.8) is 0 Å². The van der Waals surface area contributed by atoms with Gasteiger partial charge in [-0.2, -0.15) is 0 Å². The number of aromatic nitrogens is 1. The molecule has 0 bridgehead atoms. The molecule has 2 aromatic carbocycles. The monoisotopic (exact) mass is 339 g/mol. The predicted octanol–water partition coefficient (Wildman–Crippen LogP) is 4.30. The fraction of sp³-hybridized carbons (Fsp3) is 0.105. The largest absolute Gasteiger partial charge is 0.461 e. The molecule has 0 saturated heterocycles. The molecule has 5 heteroatoms. The van der Waals surface area contributed by atoms with Crippen LogP contribution in [0.3, 0.4) is 0 Å². The van der Waals surface area contributed by atoms with Crippen LogP contribution in [0, 0.1) is 0 Å². The maximum absolute atomic E-state index is 12.8. The van der Waals surface area contributed by atoms with Crippen LogP contribution < -0.4 is 0 Å². The second kappa shape index (κ2) is 6.81. The average molecular weight is 340 g/mol. The van der Waals surface area contributed by atoms with Crippen LogP contribution in [0.5, 0.6) is 0 Å². The SMILES string of the molecule is CCOC(=O)c1nc2ccccc2cc1C(=O)c1ccc(Cl)cc1. The summed E-state index contributed by atoms with van der Waals surface area (Å²) in [6, 6.07) is 15.5. The summed E-state index contributed by atoms with van der Waals surface area (Å²) in [5, 5.41) is 1.32. The molecular formula is C19H14ClNO3. The molecule has 3 rings (SSSR count). The molecule has 3 aromatic rings. The van der Waals surface area contributed by atoms with E-state index in [1.807, 2.05) is 18.2 Å². The average Bonchev–Trinajstić information content (AvgIpc) is 2.61. The van der Waals surface area contributed by atoms with Crippen molar-refractivity contribution in [3.8, 4) is 0 Å². The molecule has 24 heavy (non-hydrogen) atoms. The van der Waals surface area contributed by atoms with E-state index in [9.17, 15) is 9.59 Å². The van der Waals surface area contributed by atoms with Crippen LogP contribution in [0.25, 0.3) is 10.9 Å². The van der Waals surface area contributed by atoms with Crippen LogP contribution in [0.2, 0.25) is 5.02 Å². The molecule has 120 valence electrons. The standard InChI is InChI=1S/C19H14ClNO3/c1-2-24-19(23)17-15(11-13-5-3-4-6-16(13)21-17)18(22)12-7-9-14(20)10-8-12/h3-11H,2H2,1H3. The Morgan fingerprint density at radius 1 is 1.08 bits per heavy atom. The van der Waals surface area contributed by atoms with Gasteiger partial charge in [0.25, 0.3) is 0 Å². The van der Waals surface area contributed by atoms with E-state index in [1.165, 1.54) is 0 Å². The Hall–Kier alpha value is -2.72. The van der Waals surface area contributed by atoms with Gasteiger partial charge in [0.05, 0.1) is 17.7 Å². The topological polar surface area (TPSA) is 56.3 Å². The van der Waals surface area contributed by atoms with E-state index in [1.54, 1.807) is 43.3 Å². The molecule has 1 heterocycles. The van der Waals surface area contributed by atoms with Gasteiger partial charge in [-0.1, -0.05) is 29.8 Å². The Balaban J connectivity index is 2.16. The highest BCUT2D eigenvalue weighted by molar-refractivity contribution is 6.30. The first-order chi connectivity index (χ1) is 11.6. The zero-order chi connectivity index (χ0) is 17.1.